The molecule has 0 aliphatic heterocycles. The highest BCUT2D eigenvalue weighted by atomic mass is 79.9. The molecule has 0 bridgehead atoms. The molecule has 0 radical (unpaired) electrons. The van der Waals surface area contributed by atoms with Crippen molar-refractivity contribution in [2.24, 2.45) is 0 Å². The van der Waals surface area contributed by atoms with Crippen LogP contribution in [0.1, 0.15) is 18.7 Å². The third kappa shape index (κ3) is 8.34. The summed E-state index contributed by atoms with van der Waals surface area (Å²) in [5.41, 5.74) is 0. The Hall–Kier alpha value is 0.0200. The van der Waals surface area contributed by atoms with Crippen LogP contribution in [-0.4, -0.2) is 55.6 Å². The van der Waals surface area contributed by atoms with Crippen molar-refractivity contribution in [3.8, 4) is 0 Å². The monoisotopic (exact) mass is 365 g/mol. The fourth-order valence-corrected chi connectivity index (χ4v) is 3.31. The lowest BCUT2D eigenvalue weighted by Crippen LogP contribution is -2.32. The summed E-state index contributed by atoms with van der Waals surface area (Å²) < 4.78 is 11.9. The number of likely N-dealkylation sites (N-methyl/N-ethyl adjacent to an activating group) is 1. The second-order valence-corrected chi connectivity index (χ2v) is 7.60. The van der Waals surface area contributed by atoms with E-state index in [1.165, 1.54) is 4.88 Å². The fraction of sp³-hybridized carbons (Fsp3) is 0.714. The van der Waals surface area contributed by atoms with Crippen molar-refractivity contribution in [3.05, 3.63) is 20.8 Å². The Bertz CT molecular complexity index is 373. The van der Waals surface area contributed by atoms with Crippen molar-refractivity contribution in [2.45, 2.75) is 32.6 Å². The zero-order valence-electron chi connectivity index (χ0n) is 12.3. The molecule has 20 heavy (non-hydrogen) atoms. The van der Waals surface area contributed by atoms with Crippen LogP contribution in [0.25, 0.3) is 0 Å². The summed E-state index contributed by atoms with van der Waals surface area (Å²) >= 11 is 5.17. The van der Waals surface area contributed by atoms with Crippen LogP contribution in [0.15, 0.2) is 15.9 Å². The quantitative estimate of drug-likeness (QED) is 0.647. The van der Waals surface area contributed by atoms with Crippen molar-refractivity contribution >= 4 is 27.3 Å². The van der Waals surface area contributed by atoms with Gasteiger partial charge in [0.2, 0.25) is 0 Å². The molecule has 0 amide bonds. The molecule has 0 aromatic carbocycles. The van der Waals surface area contributed by atoms with Crippen LogP contribution in [0.3, 0.4) is 0 Å². The Morgan fingerprint density at radius 3 is 2.70 bits per heavy atom. The Labute approximate surface area is 133 Å². The van der Waals surface area contributed by atoms with Gasteiger partial charge < -0.3 is 14.6 Å². The zero-order chi connectivity index (χ0) is 15.0. The number of nitrogens with zero attached hydrogens (tertiary/aromatic N) is 1. The topological polar surface area (TPSA) is 41.9 Å². The maximum Gasteiger partial charge on any atom is 0.0900 e. The highest BCUT2D eigenvalue weighted by molar-refractivity contribution is 9.11. The summed E-state index contributed by atoms with van der Waals surface area (Å²) in [6.45, 7) is 6.87. The normalized spacial score (nSPS) is 13.3. The van der Waals surface area contributed by atoms with E-state index in [0.29, 0.717) is 26.4 Å². The number of aliphatic hydroxyl groups is 1. The van der Waals surface area contributed by atoms with Crippen LogP contribution >= 0.6 is 27.3 Å². The average Bonchev–Trinajstić information content (AvgIpc) is 2.73. The van der Waals surface area contributed by atoms with Crippen molar-refractivity contribution in [1.29, 1.82) is 0 Å². The van der Waals surface area contributed by atoms with E-state index in [-0.39, 0.29) is 6.10 Å². The van der Waals surface area contributed by atoms with E-state index in [1.54, 1.807) is 11.3 Å². The molecule has 0 aliphatic carbocycles. The van der Waals surface area contributed by atoms with Crippen LogP contribution in [-0.2, 0) is 16.0 Å². The minimum atomic E-state index is -0.470. The van der Waals surface area contributed by atoms with Gasteiger partial charge >= 0.3 is 0 Å². The zero-order valence-corrected chi connectivity index (χ0v) is 14.7. The molecular weight excluding hydrogens is 342 g/mol. The summed E-state index contributed by atoms with van der Waals surface area (Å²) in [5, 5.41) is 9.90. The molecule has 0 saturated heterocycles. The number of hydrogen-bond acceptors (Lipinski definition) is 5. The van der Waals surface area contributed by atoms with Gasteiger partial charge in [0.25, 0.3) is 0 Å². The van der Waals surface area contributed by atoms with E-state index in [0.717, 1.165) is 10.3 Å². The molecular formula is C14H24BrNO3S. The van der Waals surface area contributed by atoms with E-state index < -0.39 is 6.10 Å². The molecule has 1 aromatic heterocycles. The second kappa shape index (κ2) is 9.87. The third-order valence-corrected chi connectivity index (χ3v) is 4.17. The van der Waals surface area contributed by atoms with Crippen molar-refractivity contribution in [3.63, 3.8) is 0 Å². The highest BCUT2D eigenvalue weighted by Crippen LogP contribution is 2.22. The first-order valence-electron chi connectivity index (χ1n) is 6.77. The molecule has 1 aromatic rings. The van der Waals surface area contributed by atoms with Gasteiger partial charge in [-0.05, 0) is 49.0 Å². The number of ether oxygens (including phenoxy) is 2. The van der Waals surface area contributed by atoms with Gasteiger partial charge in [0.15, 0.2) is 0 Å². The van der Waals surface area contributed by atoms with Gasteiger partial charge in [-0.1, -0.05) is 0 Å². The molecule has 116 valence electrons. The van der Waals surface area contributed by atoms with Crippen LogP contribution < -0.4 is 0 Å². The average molecular weight is 366 g/mol. The molecule has 0 fully saturated rings. The predicted molar refractivity (Wildman–Crippen MR) is 86.3 cm³/mol. The molecule has 1 N–H and O–H groups in total. The number of rotatable bonds is 10. The van der Waals surface area contributed by atoms with Gasteiger partial charge in [0.05, 0.1) is 35.8 Å². The maximum absolute atomic E-state index is 9.90. The fourth-order valence-electron chi connectivity index (χ4n) is 1.74. The first-order chi connectivity index (χ1) is 9.47. The standard InChI is InChI=1S/C14H24BrNO3S/c1-11(2)19-7-6-18-10-12(17)8-16(3)9-13-4-5-14(15)20-13/h4-5,11-12,17H,6-10H2,1-3H3. The Morgan fingerprint density at radius 2 is 2.10 bits per heavy atom. The van der Waals surface area contributed by atoms with Crippen LogP contribution in [0.2, 0.25) is 0 Å². The van der Waals surface area contributed by atoms with E-state index in [2.05, 4.69) is 26.9 Å². The second-order valence-electron chi connectivity index (χ2n) is 5.05. The molecule has 4 nitrogen and oxygen atoms in total. The summed E-state index contributed by atoms with van der Waals surface area (Å²) in [7, 11) is 2.00. The lowest BCUT2D eigenvalue weighted by atomic mass is 10.3. The lowest BCUT2D eigenvalue weighted by molar-refractivity contribution is -0.0173. The molecule has 6 heteroatoms. The summed E-state index contributed by atoms with van der Waals surface area (Å²) in [5.74, 6) is 0. The van der Waals surface area contributed by atoms with Gasteiger partial charge in [0.1, 0.15) is 0 Å². The lowest BCUT2D eigenvalue weighted by Gasteiger charge is -2.20. The van der Waals surface area contributed by atoms with E-state index in [9.17, 15) is 5.11 Å². The van der Waals surface area contributed by atoms with E-state index in [1.807, 2.05) is 27.0 Å². The number of halogens is 1. The van der Waals surface area contributed by atoms with Gasteiger partial charge in [0, 0.05) is 18.0 Å². The summed E-state index contributed by atoms with van der Waals surface area (Å²) in [6.07, 6.45) is -0.248. The predicted octanol–water partition coefficient (Wildman–Crippen LogP) is 2.74. The smallest absolute Gasteiger partial charge is 0.0900 e. The molecule has 1 unspecified atom stereocenters. The third-order valence-electron chi connectivity index (χ3n) is 2.57. The van der Waals surface area contributed by atoms with Gasteiger partial charge in [-0.2, -0.15) is 0 Å². The molecule has 1 rings (SSSR count). The van der Waals surface area contributed by atoms with E-state index >= 15 is 0 Å². The molecule has 0 spiro atoms. The molecule has 0 aliphatic rings. The van der Waals surface area contributed by atoms with Gasteiger partial charge in [-0.3, -0.25) is 4.90 Å². The van der Waals surface area contributed by atoms with Gasteiger partial charge in [-0.25, -0.2) is 0 Å². The van der Waals surface area contributed by atoms with Crippen LogP contribution in [0.4, 0.5) is 0 Å². The van der Waals surface area contributed by atoms with Crippen LogP contribution in [0.5, 0.6) is 0 Å². The number of hydrogen-bond donors (Lipinski definition) is 1. The maximum atomic E-state index is 9.90. The van der Waals surface area contributed by atoms with Crippen LogP contribution in [0, 0.1) is 0 Å². The Balaban J connectivity index is 2.10. The molecule has 1 atom stereocenters. The largest absolute Gasteiger partial charge is 0.389 e. The van der Waals surface area contributed by atoms with Crippen molar-refractivity contribution in [1.82, 2.24) is 4.90 Å². The van der Waals surface area contributed by atoms with Crippen molar-refractivity contribution < 1.29 is 14.6 Å². The number of thiophene rings is 1. The summed E-state index contributed by atoms with van der Waals surface area (Å²) in [6, 6.07) is 4.14. The first kappa shape index (κ1) is 18.1. The highest BCUT2D eigenvalue weighted by Gasteiger charge is 2.10. The minimum absolute atomic E-state index is 0.222. The van der Waals surface area contributed by atoms with Crippen molar-refractivity contribution in [2.75, 3.05) is 33.4 Å². The Morgan fingerprint density at radius 1 is 1.35 bits per heavy atom. The first-order valence-corrected chi connectivity index (χ1v) is 8.38. The minimum Gasteiger partial charge on any atom is -0.389 e. The molecule has 0 saturated carbocycles. The summed E-state index contributed by atoms with van der Waals surface area (Å²) in [4.78, 5) is 3.37. The SMILES string of the molecule is CC(C)OCCOCC(O)CN(C)Cc1ccc(Br)s1. The van der Waals surface area contributed by atoms with E-state index in [4.69, 9.17) is 9.47 Å². The number of aliphatic hydroxyl groups excluding tert-OH is 1. The van der Waals surface area contributed by atoms with Gasteiger partial charge in [-0.15, -0.1) is 11.3 Å². The molecule has 1 heterocycles. The Kier molecular flexibility index (Phi) is 8.91.